The maximum atomic E-state index is 13.1. The van der Waals surface area contributed by atoms with Gasteiger partial charge in [0.1, 0.15) is 12.2 Å². The predicted octanol–water partition coefficient (Wildman–Crippen LogP) is 4.57. The van der Waals surface area contributed by atoms with Crippen LogP contribution in [0.1, 0.15) is 38.6 Å². The lowest BCUT2D eigenvalue weighted by atomic mass is 10.0. The highest BCUT2D eigenvalue weighted by molar-refractivity contribution is 6.30. The van der Waals surface area contributed by atoms with Gasteiger partial charge in [0, 0.05) is 0 Å². The zero-order valence-corrected chi connectivity index (χ0v) is 20.4. The Morgan fingerprint density at radius 1 is 0.912 bits per heavy atom. The van der Waals surface area contributed by atoms with Crippen molar-refractivity contribution in [1.82, 2.24) is 0 Å². The average Bonchev–Trinajstić information content (AvgIpc) is 3.43. The predicted molar refractivity (Wildman–Crippen MR) is 124 cm³/mol. The van der Waals surface area contributed by atoms with E-state index in [1.165, 1.54) is 0 Å². The van der Waals surface area contributed by atoms with Gasteiger partial charge in [0.2, 0.25) is 0 Å². The molecule has 2 aromatic rings. The minimum Gasteiger partial charge on any atom is -0.455 e. The van der Waals surface area contributed by atoms with E-state index >= 15 is 0 Å². The Morgan fingerprint density at radius 2 is 1.59 bits per heavy atom. The van der Waals surface area contributed by atoms with E-state index in [0.29, 0.717) is 12.2 Å². The van der Waals surface area contributed by atoms with Gasteiger partial charge in [-0.15, -0.1) is 11.6 Å². The molecule has 3 saturated heterocycles. The van der Waals surface area contributed by atoms with Gasteiger partial charge in [-0.3, -0.25) is 4.79 Å². The number of alkyl halides is 1. The molecule has 8 heteroatoms. The van der Waals surface area contributed by atoms with E-state index in [2.05, 4.69) is 0 Å². The first-order chi connectivity index (χ1) is 16.1. The first-order valence-corrected chi connectivity index (χ1v) is 11.9. The smallest absolute Gasteiger partial charge is 0.329 e. The van der Waals surface area contributed by atoms with Crippen molar-refractivity contribution >= 4 is 17.6 Å². The van der Waals surface area contributed by atoms with Crippen LogP contribution in [0, 0.1) is 0 Å². The average molecular weight is 489 g/mol. The van der Waals surface area contributed by atoms with E-state index in [1.54, 1.807) is 13.8 Å². The standard InChI is InChI=1S/C26H29ClO7/c1-25(2)29-14-18(32-25)20-21(22-24(31-20)34-26(3,4)33-22)30-23(28)19(27)17-12-10-16(11-13-17)15-8-6-5-7-9-15/h5-13,18-22,24H,14H2,1-4H3/t18-,19?,20-,21+,22-,24-/m1/s1. The maximum absolute atomic E-state index is 13.1. The first-order valence-electron chi connectivity index (χ1n) is 11.4. The molecule has 0 radical (unpaired) electrons. The van der Waals surface area contributed by atoms with Gasteiger partial charge in [0.25, 0.3) is 0 Å². The lowest BCUT2D eigenvalue weighted by Crippen LogP contribution is -2.45. The lowest BCUT2D eigenvalue weighted by Gasteiger charge is -2.29. The van der Waals surface area contributed by atoms with Gasteiger partial charge in [-0.2, -0.15) is 0 Å². The number of esters is 1. The molecule has 1 unspecified atom stereocenters. The number of carbonyl (C=O) groups excluding carboxylic acids is 1. The molecule has 3 heterocycles. The second-order valence-electron chi connectivity index (χ2n) is 9.69. The van der Waals surface area contributed by atoms with Gasteiger partial charge in [0.15, 0.2) is 35.4 Å². The minimum atomic E-state index is -0.989. The highest BCUT2D eigenvalue weighted by Gasteiger charge is 2.60. The molecule has 0 N–H and O–H groups in total. The molecule has 3 aliphatic rings. The Kier molecular flexibility index (Phi) is 6.21. The quantitative estimate of drug-likeness (QED) is 0.450. The van der Waals surface area contributed by atoms with E-state index in [0.717, 1.165) is 11.1 Å². The van der Waals surface area contributed by atoms with Crippen LogP contribution in [0.3, 0.4) is 0 Å². The van der Waals surface area contributed by atoms with E-state index in [1.807, 2.05) is 68.4 Å². The number of benzene rings is 2. The summed E-state index contributed by atoms with van der Waals surface area (Å²) in [5.74, 6) is -2.19. The van der Waals surface area contributed by atoms with E-state index in [9.17, 15) is 4.79 Å². The van der Waals surface area contributed by atoms with Crippen LogP contribution in [0.5, 0.6) is 0 Å². The van der Waals surface area contributed by atoms with Crippen molar-refractivity contribution in [3.05, 3.63) is 60.2 Å². The molecule has 0 amide bonds. The van der Waals surface area contributed by atoms with Gasteiger partial charge in [-0.1, -0.05) is 54.6 Å². The van der Waals surface area contributed by atoms with Gasteiger partial charge in [0.05, 0.1) is 6.61 Å². The fraction of sp³-hybridized carbons (Fsp3) is 0.500. The Morgan fingerprint density at radius 3 is 2.24 bits per heavy atom. The van der Waals surface area contributed by atoms with Gasteiger partial charge in [-0.25, -0.2) is 0 Å². The molecule has 7 nitrogen and oxygen atoms in total. The summed E-state index contributed by atoms with van der Waals surface area (Å²) in [6.45, 7) is 7.54. The summed E-state index contributed by atoms with van der Waals surface area (Å²) in [5.41, 5.74) is 2.76. The highest BCUT2D eigenvalue weighted by Crippen LogP contribution is 2.42. The number of ether oxygens (including phenoxy) is 6. The monoisotopic (exact) mass is 488 g/mol. The number of fused-ring (bicyclic) bond motifs is 1. The summed E-state index contributed by atoms with van der Waals surface area (Å²) in [4.78, 5) is 13.1. The molecule has 5 rings (SSSR count). The Bertz CT molecular complexity index is 1020. The van der Waals surface area contributed by atoms with Crippen LogP contribution in [0.2, 0.25) is 0 Å². The fourth-order valence-electron chi connectivity index (χ4n) is 4.62. The third kappa shape index (κ3) is 4.73. The van der Waals surface area contributed by atoms with Gasteiger partial charge < -0.3 is 28.4 Å². The van der Waals surface area contributed by atoms with Gasteiger partial charge >= 0.3 is 5.97 Å². The number of hydrogen-bond donors (Lipinski definition) is 0. The number of halogens is 1. The second-order valence-corrected chi connectivity index (χ2v) is 10.1. The van der Waals surface area contributed by atoms with Crippen LogP contribution >= 0.6 is 11.6 Å². The van der Waals surface area contributed by atoms with Crippen molar-refractivity contribution < 1.29 is 33.2 Å². The summed E-state index contributed by atoms with van der Waals surface area (Å²) in [5, 5.41) is -0.989. The van der Waals surface area contributed by atoms with E-state index in [4.69, 9.17) is 40.0 Å². The van der Waals surface area contributed by atoms with Crippen LogP contribution in [-0.4, -0.2) is 54.9 Å². The first kappa shape index (κ1) is 23.7. The molecule has 182 valence electrons. The molecule has 6 atom stereocenters. The number of rotatable bonds is 5. The normalized spacial score (nSPS) is 32.3. The Hall–Kier alpha value is -2.00. The second kappa shape index (κ2) is 8.90. The van der Waals surface area contributed by atoms with Crippen molar-refractivity contribution in [3.63, 3.8) is 0 Å². The Labute approximate surface area is 204 Å². The van der Waals surface area contributed by atoms with Crippen LogP contribution in [0.15, 0.2) is 54.6 Å². The molecule has 2 aromatic carbocycles. The van der Waals surface area contributed by atoms with Crippen LogP contribution in [-0.2, 0) is 33.2 Å². The molecule has 0 saturated carbocycles. The summed E-state index contributed by atoms with van der Waals surface area (Å²) >= 11 is 6.54. The maximum Gasteiger partial charge on any atom is 0.329 e. The largest absolute Gasteiger partial charge is 0.455 e. The van der Waals surface area contributed by atoms with Crippen molar-refractivity contribution in [2.24, 2.45) is 0 Å². The summed E-state index contributed by atoms with van der Waals surface area (Å²) in [6, 6.07) is 17.5. The number of carbonyl (C=O) groups is 1. The minimum absolute atomic E-state index is 0.305. The fourth-order valence-corrected chi connectivity index (χ4v) is 4.82. The topological polar surface area (TPSA) is 72.5 Å². The zero-order valence-electron chi connectivity index (χ0n) is 19.6. The molecule has 3 fully saturated rings. The van der Waals surface area contributed by atoms with Crippen LogP contribution in [0.25, 0.3) is 11.1 Å². The molecule has 34 heavy (non-hydrogen) atoms. The summed E-state index contributed by atoms with van der Waals surface area (Å²) in [6.07, 6.45) is -3.08. The third-order valence-electron chi connectivity index (χ3n) is 6.19. The van der Waals surface area contributed by atoms with E-state index in [-0.39, 0.29) is 0 Å². The molecule has 0 bridgehead atoms. The number of hydrogen-bond acceptors (Lipinski definition) is 7. The van der Waals surface area contributed by atoms with Crippen molar-refractivity contribution in [2.45, 2.75) is 75.4 Å². The molecule has 0 aromatic heterocycles. The summed E-state index contributed by atoms with van der Waals surface area (Å²) < 4.78 is 35.5. The molecule has 0 spiro atoms. The van der Waals surface area contributed by atoms with Crippen molar-refractivity contribution in [2.75, 3.05) is 6.61 Å². The Balaban J connectivity index is 1.31. The lowest BCUT2D eigenvalue weighted by molar-refractivity contribution is -0.235. The van der Waals surface area contributed by atoms with Gasteiger partial charge in [-0.05, 0) is 44.4 Å². The molecule has 0 aliphatic carbocycles. The molecular weight excluding hydrogens is 460 g/mol. The summed E-state index contributed by atoms with van der Waals surface area (Å²) in [7, 11) is 0. The highest BCUT2D eigenvalue weighted by atomic mass is 35.5. The third-order valence-corrected chi connectivity index (χ3v) is 6.62. The van der Waals surface area contributed by atoms with Crippen molar-refractivity contribution in [3.8, 4) is 11.1 Å². The molecular formula is C26H29ClO7. The van der Waals surface area contributed by atoms with Crippen LogP contribution < -0.4 is 0 Å². The van der Waals surface area contributed by atoms with E-state index < -0.39 is 53.6 Å². The zero-order chi connectivity index (χ0) is 24.1. The van der Waals surface area contributed by atoms with Crippen LogP contribution in [0.4, 0.5) is 0 Å². The molecule has 3 aliphatic heterocycles. The SMILES string of the molecule is CC1(C)O[C@H]2O[C@H]([C@H]3COC(C)(C)O3)[C@H](OC(=O)C(Cl)c3ccc(-c4ccccc4)cc3)[C@H]2O1. The van der Waals surface area contributed by atoms with Crippen molar-refractivity contribution in [1.29, 1.82) is 0 Å².